The van der Waals surface area contributed by atoms with Crippen molar-refractivity contribution < 1.29 is 9.47 Å². The Morgan fingerprint density at radius 1 is 1.10 bits per heavy atom. The van der Waals surface area contributed by atoms with Crippen LogP contribution in [-0.2, 0) is 6.54 Å². The van der Waals surface area contributed by atoms with Crippen LogP contribution in [-0.4, -0.2) is 31.2 Å². The number of rotatable bonds is 4. The van der Waals surface area contributed by atoms with E-state index in [1.165, 1.54) is 24.8 Å². The van der Waals surface area contributed by atoms with Crippen molar-refractivity contribution in [2.45, 2.75) is 58.7 Å². The lowest BCUT2D eigenvalue weighted by Crippen LogP contribution is -2.43. The molecule has 2 atom stereocenters. The van der Waals surface area contributed by atoms with E-state index in [0.29, 0.717) is 12.1 Å². The maximum Gasteiger partial charge on any atom is 0.129 e. The Hall–Kier alpha value is -1.22. The van der Waals surface area contributed by atoms with E-state index in [2.05, 4.69) is 31.7 Å². The Kier molecular flexibility index (Phi) is 4.92. The Balaban J connectivity index is 2.26. The van der Waals surface area contributed by atoms with Crippen molar-refractivity contribution in [2.75, 3.05) is 14.2 Å². The molecule has 1 heterocycles. The second-order valence-corrected chi connectivity index (χ2v) is 5.89. The molecule has 2 rings (SSSR count). The van der Waals surface area contributed by atoms with Gasteiger partial charge in [-0.15, -0.1) is 0 Å². The monoisotopic (exact) mass is 277 g/mol. The fourth-order valence-electron chi connectivity index (χ4n) is 3.34. The quantitative estimate of drug-likeness (QED) is 0.836. The van der Waals surface area contributed by atoms with Crippen LogP contribution < -0.4 is 9.47 Å². The molecule has 2 unspecified atom stereocenters. The summed E-state index contributed by atoms with van der Waals surface area (Å²) in [6.45, 7) is 7.68. The van der Waals surface area contributed by atoms with Gasteiger partial charge < -0.3 is 9.47 Å². The third-order valence-corrected chi connectivity index (χ3v) is 4.59. The predicted molar refractivity (Wildman–Crippen MR) is 82.6 cm³/mol. The van der Waals surface area contributed by atoms with E-state index in [1.807, 2.05) is 6.07 Å². The van der Waals surface area contributed by atoms with Crippen LogP contribution in [0.2, 0.25) is 0 Å². The van der Waals surface area contributed by atoms with Gasteiger partial charge in [0.25, 0.3) is 0 Å². The predicted octanol–water partition coefficient (Wildman–Crippen LogP) is 3.78. The van der Waals surface area contributed by atoms with E-state index in [1.54, 1.807) is 14.2 Å². The summed E-state index contributed by atoms with van der Waals surface area (Å²) >= 11 is 0. The van der Waals surface area contributed by atoms with Crippen LogP contribution in [0.3, 0.4) is 0 Å². The topological polar surface area (TPSA) is 21.7 Å². The standard InChI is InChI=1S/C17H27NO2/c1-12-7-6-8-13(2)18(12)11-15-9-10-16(19-4)14(3)17(15)20-5/h9-10,12-13H,6-8,11H2,1-5H3. The number of nitrogens with zero attached hydrogens (tertiary/aromatic N) is 1. The van der Waals surface area contributed by atoms with E-state index in [4.69, 9.17) is 9.47 Å². The van der Waals surface area contributed by atoms with Crippen molar-refractivity contribution in [3.8, 4) is 11.5 Å². The summed E-state index contributed by atoms with van der Waals surface area (Å²) in [5, 5.41) is 0. The van der Waals surface area contributed by atoms with Crippen molar-refractivity contribution in [2.24, 2.45) is 0 Å². The summed E-state index contributed by atoms with van der Waals surface area (Å²) in [4.78, 5) is 2.59. The van der Waals surface area contributed by atoms with Gasteiger partial charge >= 0.3 is 0 Å². The van der Waals surface area contributed by atoms with Crippen LogP contribution in [0, 0.1) is 6.92 Å². The summed E-state index contributed by atoms with van der Waals surface area (Å²) in [5.41, 5.74) is 2.34. The molecular formula is C17H27NO2. The van der Waals surface area contributed by atoms with Crippen LogP contribution >= 0.6 is 0 Å². The van der Waals surface area contributed by atoms with Gasteiger partial charge in [-0.05, 0) is 39.7 Å². The molecule has 1 aromatic carbocycles. The summed E-state index contributed by atoms with van der Waals surface area (Å²) in [5.74, 6) is 1.86. The molecule has 112 valence electrons. The second-order valence-electron chi connectivity index (χ2n) is 5.89. The van der Waals surface area contributed by atoms with Crippen LogP contribution in [0.1, 0.15) is 44.2 Å². The van der Waals surface area contributed by atoms with Crippen LogP contribution in [0.4, 0.5) is 0 Å². The molecular weight excluding hydrogens is 250 g/mol. The number of methoxy groups -OCH3 is 2. The van der Waals surface area contributed by atoms with Crippen molar-refractivity contribution in [3.05, 3.63) is 23.3 Å². The molecule has 1 aromatic rings. The minimum Gasteiger partial charge on any atom is -0.496 e. The normalized spacial score (nSPS) is 23.6. The molecule has 0 aromatic heterocycles. The number of hydrogen-bond acceptors (Lipinski definition) is 3. The molecule has 0 aliphatic carbocycles. The minimum atomic E-state index is 0.644. The lowest BCUT2D eigenvalue weighted by Gasteiger charge is -2.39. The largest absolute Gasteiger partial charge is 0.496 e. The smallest absolute Gasteiger partial charge is 0.129 e. The maximum absolute atomic E-state index is 5.62. The van der Waals surface area contributed by atoms with Crippen molar-refractivity contribution in [1.82, 2.24) is 4.90 Å². The average Bonchev–Trinajstić information content (AvgIpc) is 2.43. The molecule has 3 nitrogen and oxygen atoms in total. The first-order chi connectivity index (χ1) is 9.58. The first-order valence-electron chi connectivity index (χ1n) is 7.54. The Morgan fingerprint density at radius 3 is 2.30 bits per heavy atom. The van der Waals surface area contributed by atoms with Crippen molar-refractivity contribution >= 4 is 0 Å². The van der Waals surface area contributed by atoms with E-state index in [-0.39, 0.29) is 0 Å². The highest BCUT2D eigenvalue weighted by atomic mass is 16.5. The Labute approximate surface area is 122 Å². The summed E-state index contributed by atoms with van der Waals surface area (Å²) in [7, 11) is 3.45. The third-order valence-electron chi connectivity index (χ3n) is 4.59. The lowest BCUT2D eigenvalue weighted by molar-refractivity contribution is 0.0942. The Morgan fingerprint density at radius 2 is 1.75 bits per heavy atom. The van der Waals surface area contributed by atoms with E-state index in [0.717, 1.165) is 23.6 Å². The summed E-state index contributed by atoms with van der Waals surface area (Å²) in [6, 6.07) is 5.47. The number of ether oxygens (including phenoxy) is 2. The summed E-state index contributed by atoms with van der Waals surface area (Å²) < 4.78 is 11.0. The molecule has 1 saturated heterocycles. The fourth-order valence-corrected chi connectivity index (χ4v) is 3.34. The number of likely N-dealkylation sites (tertiary alicyclic amines) is 1. The van der Waals surface area contributed by atoms with Gasteiger partial charge in [0.1, 0.15) is 11.5 Å². The van der Waals surface area contributed by atoms with Gasteiger partial charge in [0, 0.05) is 29.8 Å². The van der Waals surface area contributed by atoms with Gasteiger partial charge in [0.2, 0.25) is 0 Å². The molecule has 0 spiro atoms. The highest BCUT2D eigenvalue weighted by Crippen LogP contribution is 2.34. The zero-order valence-electron chi connectivity index (χ0n) is 13.4. The second kappa shape index (κ2) is 6.49. The van der Waals surface area contributed by atoms with Crippen LogP contribution in [0.15, 0.2) is 12.1 Å². The van der Waals surface area contributed by atoms with E-state index in [9.17, 15) is 0 Å². The highest BCUT2D eigenvalue weighted by molar-refractivity contribution is 5.49. The van der Waals surface area contributed by atoms with Gasteiger partial charge in [-0.3, -0.25) is 4.90 Å². The molecule has 1 aliphatic heterocycles. The number of piperidine rings is 1. The van der Waals surface area contributed by atoms with Crippen molar-refractivity contribution in [3.63, 3.8) is 0 Å². The molecule has 0 N–H and O–H groups in total. The molecule has 0 amide bonds. The Bertz CT molecular complexity index is 449. The summed E-state index contributed by atoms with van der Waals surface area (Å²) in [6.07, 6.45) is 3.93. The zero-order chi connectivity index (χ0) is 14.7. The van der Waals surface area contributed by atoms with E-state index >= 15 is 0 Å². The first kappa shape index (κ1) is 15.2. The zero-order valence-corrected chi connectivity index (χ0v) is 13.4. The lowest BCUT2D eigenvalue weighted by atomic mass is 9.96. The first-order valence-corrected chi connectivity index (χ1v) is 7.54. The van der Waals surface area contributed by atoms with Gasteiger partial charge in [-0.1, -0.05) is 12.5 Å². The van der Waals surface area contributed by atoms with Gasteiger partial charge in [-0.25, -0.2) is 0 Å². The third kappa shape index (κ3) is 2.93. The molecule has 1 fully saturated rings. The maximum atomic E-state index is 5.62. The molecule has 1 aliphatic rings. The molecule has 0 bridgehead atoms. The SMILES string of the molecule is COc1ccc(CN2C(C)CCCC2C)c(OC)c1C. The molecule has 20 heavy (non-hydrogen) atoms. The molecule has 3 heteroatoms. The molecule has 0 radical (unpaired) electrons. The van der Waals surface area contributed by atoms with Gasteiger partial charge in [-0.2, -0.15) is 0 Å². The van der Waals surface area contributed by atoms with E-state index < -0.39 is 0 Å². The number of benzene rings is 1. The van der Waals surface area contributed by atoms with Gasteiger partial charge in [0.15, 0.2) is 0 Å². The average molecular weight is 277 g/mol. The molecule has 0 saturated carbocycles. The highest BCUT2D eigenvalue weighted by Gasteiger charge is 2.26. The fraction of sp³-hybridized carbons (Fsp3) is 0.647. The number of hydrogen-bond donors (Lipinski definition) is 0. The van der Waals surface area contributed by atoms with Crippen LogP contribution in [0.25, 0.3) is 0 Å². The van der Waals surface area contributed by atoms with Gasteiger partial charge in [0.05, 0.1) is 14.2 Å². The minimum absolute atomic E-state index is 0.644. The van der Waals surface area contributed by atoms with Crippen LogP contribution in [0.5, 0.6) is 11.5 Å². The van der Waals surface area contributed by atoms with Crippen molar-refractivity contribution in [1.29, 1.82) is 0 Å².